The first kappa shape index (κ1) is 14.5. The quantitative estimate of drug-likeness (QED) is 0.921. The molecule has 1 aromatic rings. The standard InChI is InChI=1S/C14H21NO3S/c1-10-6-7-15-9-13(10)14(16)11-4-3-5-12(8-11)19(2,17)18/h6-7,9,11-12,14,16H,3-5,8H2,1-2H3. The highest BCUT2D eigenvalue weighted by Crippen LogP contribution is 2.37. The Balaban J connectivity index is 2.16. The molecule has 1 fully saturated rings. The predicted molar refractivity (Wildman–Crippen MR) is 74.5 cm³/mol. The van der Waals surface area contributed by atoms with Crippen LogP contribution < -0.4 is 0 Å². The van der Waals surface area contributed by atoms with Gasteiger partial charge in [-0.3, -0.25) is 4.98 Å². The van der Waals surface area contributed by atoms with Crippen LogP contribution in [0.5, 0.6) is 0 Å². The number of sulfone groups is 1. The molecule has 1 N–H and O–H groups in total. The Morgan fingerprint density at radius 1 is 1.42 bits per heavy atom. The first-order chi connectivity index (χ1) is 8.89. The van der Waals surface area contributed by atoms with Gasteiger partial charge in [-0.25, -0.2) is 8.42 Å². The Bertz CT molecular complexity index is 541. The fraction of sp³-hybridized carbons (Fsp3) is 0.643. The molecule has 1 heterocycles. The molecule has 5 heteroatoms. The van der Waals surface area contributed by atoms with E-state index in [2.05, 4.69) is 4.98 Å². The molecule has 106 valence electrons. The zero-order valence-corrected chi connectivity index (χ0v) is 12.2. The molecule has 0 spiro atoms. The van der Waals surface area contributed by atoms with Gasteiger partial charge in [-0.05, 0) is 43.7 Å². The van der Waals surface area contributed by atoms with Gasteiger partial charge in [0.1, 0.15) is 9.84 Å². The largest absolute Gasteiger partial charge is 0.388 e. The molecule has 3 atom stereocenters. The van der Waals surface area contributed by atoms with E-state index in [9.17, 15) is 13.5 Å². The molecule has 0 aliphatic heterocycles. The lowest BCUT2D eigenvalue weighted by Gasteiger charge is -2.31. The minimum absolute atomic E-state index is 0.0105. The molecule has 0 aromatic carbocycles. The van der Waals surface area contributed by atoms with Crippen LogP contribution in [0.15, 0.2) is 18.5 Å². The highest BCUT2D eigenvalue weighted by molar-refractivity contribution is 7.91. The summed E-state index contributed by atoms with van der Waals surface area (Å²) in [6.45, 7) is 1.94. The van der Waals surface area contributed by atoms with Crippen LogP contribution in [0.1, 0.15) is 42.9 Å². The minimum atomic E-state index is -3.01. The van der Waals surface area contributed by atoms with Crippen molar-refractivity contribution in [1.82, 2.24) is 4.98 Å². The number of nitrogens with zero attached hydrogens (tertiary/aromatic N) is 1. The van der Waals surface area contributed by atoms with Crippen molar-refractivity contribution in [3.63, 3.8) is 0 Å². The molecule has 3 unspecified atom stereocenters. The maximum absolute atomic E-state index is 11.7. The van der Waals surface area contributed by atoms with Crippen molar-refractivity contribution in [1.29, 1.82) is 0 Å². The van der Waals surface area contributed by atoms with Crippen molar-refractivity contribution in [2.45, 2.75) is 44.0 Å². The highest BCUT2D eigenvalue weighted by atomic mass is 32.2. The van der Waals surface area contributed by atoms with Crippen molar-refractivity contribution in [3.8, 4) is 0 Å². The molecule has 2 rings (SSSR count). The van der Waals surface area contributed by atoms with E-state index in [0.29, 0.717) is 12.8 Å². The van der Waals surface area contributed by atoms with Crippen LogP contribution in [0.3, 0.4) is 0 Å². The molecule has 0 bridgehead atoms. The molecular weight excluding hydrogens is 262 g/mol. The lowest BCUT2D eigenvalue weighted by Crippen LogP contribution is -2.30. The van der Waals surface area contributed by atoms with Crippen molar-refractivity contribution in [3.05, 3.63) is 29.6 Å². The van der Waals surface area contributed by atoms with Crippen LogP contribution in [-0.2, 0) is 9.84 Å². The first-order valence-electron chi connectivity index (χ1n) is 6.67. The van der Waals surface area contributed by atoms with Crippen molar-refractivity contribution in [2.24, 2.45) is 5.92 Å². The maximum atomic E-state index is 11.7. The summed E-state index contributed by atoms with van der Waals surface area (Å²) in [5.41, 5.74) is 1.82. The summed E-state index contributed by atoms with van der Waals surface area (Å²) in [6.07, 6.45) is 7.07. The van der Waals surface area contributed by atoms with Gasteiger partial charge in [0.2, 0.25) is 0 Å². The van der Waals surface area contributed by atoms with Crippen LogP contribution in [0.4, 0.5) is 0 Å². The van der Waals surface area contributed by atoms with Crippen molar-refractivity contribution >= 4 is 9.84 Å². The smallest absolute Gasteiger partial charge is 0.150 e. The Morgan fingerprint density at radius 3 is 2.79 bits per heavy atom. The molecular formula is C14H21NO3S. The molecule has 1 aliphatic carbocycles. The summed E-state index contributed by atoms with van der Waals surface area (Å²) in [5, 5.41) is 10.2. The normalized spacial score (nSPS) is 26.1. The lowest BCUT2D eigenvalue weighted by atomic mass is 9.82. The Hall–Kier alpha value is -0.940. The van der Waals surface area contributed by atoms with E-state index < -0.39 is 15.9 Å². The van der Waals surface area contributed by atoms with Crippen LogP contribution in [0.25, 0.3) is 0 Å². The van der Waals surface area contributed by atoms with Gasteiger partial charge < -0.3 is 5.11 Å². The van der Waals surface area contributed by atoms with E-state index in [1.54, 1.807) is 12.4 Å². The van der Waals surface area contributed by atoms with Crippen molar-refractivity contribution in [2.75, 3.05) is 6.26 Å². The number of aromatic nitrogens is 1. The second-order valence-electron chi connectivity index (χ2n) is 5.56. The van der Waals surface area contributed by atoms with Gasteiger partial charge >= 0.3 is 0 Å². The average molecular weight is 283 g/mol. The molecule has 0 saturated heterocycles. The second-order valence-corrected chi connectivity index (χ2v) is 7.88. The molecule has 0 amide bonds. The van der Waals surface area contributed by atoms with E-state index in [4.69, 9.17) is 0 Å². The van der Waals surface area contributed by atoms with Crippen LogP contribution in [-0.4, -0.2) is 30.0 Å². The fourth-order valence-electron chi connectivity index (χ4n) is 2.90. The Morgan fingerprint density at radius 2 is 2.16 bits per heavy atom. The predicted octanol–water partition coefficient (Wildman–Crippen LogP) is 2.03. The summed E-state index contributed by atoms with van der Waals surface area (Å²) < 4.78 is 23.3. The minimum Gasteiger partial charge on any atom is -0.388 e. The first-order valence-corrected chi connectivity index (χ1v) is 8.62. The Kier molecular flexibility index (Phi) is 4.26. The molecule has 1 aromatic heterocycles. The SMILES string of the molecule is Cc1ccncc1C(O)C1CCCC(S(C)(=O)=O)C1. The fourth-order valence-corrected chi connectivity index (χ4v) is 4.09. The lowest BCUT2D eigenvalue weighted by molar-refractivity contribution is 0.0849. The van der Waals surface area contributed by atoms with Gasteiger partial charge in [0, 0.05) is 24.2 Å². The molecule has 0 radical (unpaired) electrons. The second kappa shape index (κ2) is 5.59. The number of rotatable bonds is 3. The number of hydrogen-bond acceptors (Lipinski definition) is 4. The van der Waals surface area contributed by atoms with Crippen molar-refractivity contribution < 1.29 is 13.5 Å². The summed E-state index contributed by atoms with van der Waals surface area (Å²) >= 11 is 0. The van der Waals surface area contributed by atoms with E-state index in [-0.39, 0.29) is 11.2 Å². The summed E-state index contributed by atoms with van der Waals surface area (Å²) in [6, 6.07) is 1.87. The Labute approximate surface area is 114 Å². The molecule has 1 aliphatic rings. The van der Waals surface area contributed by atoms with E-state index in [0.717, 1.165) is 24.0 Å². The third kappa shape index (κ3) is 3.34. The zero-order valence-electron chi connectivity index (χ0n) is 11.4. The van der Waals surface area contributed by atoms with E-state index in [1.807, 2.05) is 13.0 Å². The summed E-state index contributed by atoms with van der Waals surface area (Å²) in [4.78, 5) is 4.05. The van der Waals surface area contributed by atoms with Gasteiger partial charge in [0.25, 0.3) is 0 Å². The molecule has 4 nitrogen and oxygen atoms in total. The van der Waals surface area contributed by atoms with E-state index in [1.165, 1.54) is 6.26 Å². The van der Waals surface area contributed by atoms with Crippen LogP contribution in [0.2, 0.25) is 0 Å². The number of aryl methyl sites for hydroxylation is 1. The van der Waals surface area contributed by atoms with Crippen LogP contribution >= 0.6 is 0 Å². The summed E-state index contributed by atoms with van der Waals surface area (Å²) in [7, 11) is -3.01. The number of hydrogen-bond donors (Lipinski definition) is 1. The third-order valence-corrected chi connectivity index (χ3v) is 5.76. The third-order valence-electron chi connectivity index (χ3n) is 4.12. The van der Waals surface area contributed by atoms with Crippen LogP contribution in [0, 0.1) is 12.8 Å². The van der Waals surface area contributed by atoms with Gasteiger partial charge in [-0.2, -0.15) is 0 Å². The van der Waals surface area contributed by atoms with Gasteiger partial charge in [-0.1, -0.05) is 6.42 Å². The molecule has 1 saturated carbocycles. The number of aliphatic hydroxyl groups excluding tert-OH is 1. The topological polar surface area (TPSA) is 67.3 Å². The average Bonchev–Trinajstić information content (AvgIpc) is 2.38. The number of aliphatic hydroxyl groups is 1. The van der Waals surface area contributed by atoms with E-state index >= 15 is 0 Å². The summed E-state index contributed by atoms with van der Waals surface area (Å²) in [5.74, 6) is 0.0105. The van der Waals surface area contributed by atoms with Gasteiger partial charge in [-0.15, -0.1) is 0 Å². The maximum Gasteiger partial charge on any atom is 0.150 e. The van der Waals surface area contributed by atoms with Gasteiger partial charge in [0.05, 0.1) is 11.4 Å². The molecule has 19 heavy (non-hydrogen) atoms. The zero-order chi connectivity index (χ0) is 14.0. The van der Waals surface area contributed by atoms with Gasteiger partial charge in [0.15, 0.2) is 0 Å². The highest BCUT2D eigenvalue weighted by Gasteiger charge is 2.33. The number of pyridine rings is 1. The monoisotopic (exact) mass is 283 g/mol.